The highest BCUT2D eigenvalue weighted by atomic mass is 32.2. The molecular weight excluding hydrogens is 240 g/mol. The molecule has 0 saturated carbocycles. The number of hydrogen-bond donors (Lipinski definition) is 1. The zero-order valence-corrected chi connectivity index (χ0v) is 11.4. The van der Waals surface area contributed by atoms with E-state index in [4.69, 9.17) is 0 Å². The molecule has 0 aromatic heterocycles. The van der Waals surface area contributed by atoms with E-state index < -0.39 is 0 Å². The van der Waals surface area contributed by atoms with E-state index in [0.717, 1.165) is 11.3 Å². The molecule has 0 spiro atoms. The second kappa shape index (κ2) is 6.26. The molecule has 0 atom stereocenters. The Balaban J connectivity index is 1.96. The van der Waals surface area contributed by atoms with Crippen molar-refractivity contribution in [3.8, 4) is 0 Å². The van der Waals surface area contributed by atoms with Crippen LogP contribution in [0.25, 0.3) is 0 Å². The quantitative estimate of drug-likeness (QED) is 0.504. The van der Waals surface area contributed by atoms with Gasteiger partial charge in [-0.15, -0.1) is 11.8 Å². The fraction of sp³-hybridized carbons (Fsp3) is 0.133. The van der Waals surface area contributed by atoms with Crippen LogP contribution in [-0.2, 0) is 0 Å². The number of nitrogens with one attached hydrogen (secondary N) is 1. The van der Waals surface area contributed by atoms with E-state index >= 15 is 0 Å². The molecule has 0 fully saturated rings. The lowest BCUT2D eigenvalue weighted by Gasteiger charge is -2.00. The van der Waals surface area contributed by atoms with Crippen molar-refractivity contribution in [3.05, 3.63) is 59.7 Å². The van der Waals surface area contributed by atoms with E-state index in [0.29, 0.717) is 0 Å². The van der Waals surface area contributed by atoms with Crippen molar-refractivity contribution in [2.75, 3.05) is 11.7 Å². The van der Waals surface area contributed by atoms with E-state index in [-0.39, 0.29) is 0 Å². The number of hydrazone groups is 1. The van der Waals surface area contributed by atoms with Crippen molar-refractivity contribution in [3.63, 3.8) is 0 Å². The summed E-state index contributed by atoms with van der Waals surface area (Å²) in [5.74, 6) is 0. The summed E-state index contributed by atoms with van der Waals surface area (Å²) in [6, 6.07) is 16.5. The summed E-state index contributed by atoms with van der Waals surface area (Å²) >= 11 is 1.74. The normalized spacial score (nSPS) is 10.8. The van der Waals surface area contributed by atoms with Crippen LogP contribution in [0.5, 0.6) is 0 Å². The summed E-state index contributed by atoms with van der Waals surface area (Å²) in [5.41, 5.74) is 6.35. The minimum absolute atomic E-state index is 0.998. The average Bonchev–Trinajstić information content (AvgIpc) is 2.42. The molecule has 0 aliphatic heterocycles. The zero-order chi connectivity index (χ0) is 12.8. The van der Waals surface area contributed by atoms with Crippen molar-refractivity contribution in [2.24, 2.45) is 5.10 Å². The van der Waals surface area contributed by atoms with Gasteiger partial charge in [0.15, 0.2) is 0 Å². The van der Waals surface area contributed by atoms with Crippen LogP contribution in [0.15, 0.2) is 58.5 Å². The van der Waals surface area contributed by atoms with E-state index in [9.17, 15) is 0 Å². The molecule has 2 rings (SSSR count). The third-order valence-corrected chi connectivity index (χ3v) is 3.32. The summed E-state index contributed by atoms with van der Waals surface area (Å²) in [7, 11) is 0. The number of thioether (sulfide) groups is 1. The molecule has 0 radical (unpaired) electrons. The Morgan fingerprint density at radius 2 is 1.67 bits per heavy atom. The van der Waals surface area contributed by atoms with Crippen molar-refractivity contribution in [1.82, 2.24) is 0 Å². The maximum Gasteiger partial charge on any atom is 0.0561 e. The lowest BCUT2D eigenvalue weighted by molar-refractivity contribution is 1.33. The minimum atomic E-state index is 0.998. The minimum Gasteiger partial charge on any atom is -0.279 e. The van der Waals surface area contributed by atoms with Crippen LogP contribution in [0.1, 0.15) is 11.1 Å². The molecule has 18 heavy (non-hydrogen) atoms. The first-order valence-electron chi connectivity index (χ1n) is 5.78. The first-order valence-corrected chi connectivity index (χ1v) is 7.00. The lowest BCUT2D eigenvalue weighted by atomic mass is 10.2. The molecule has 2 aromatic rings. The third kappa shape index (κ3) is 3.64. The molecular formula is C15H16N2S. The van der Waals surface area contributed by atoms with Crippen LogP contribution >= 0.6 is 11.8 Å². The molecule has 0 aliphatic rings. The standard InChI is InChI=1S/C15H16N2S/c1-12-3-7-14(8-4-12)17-16-11-13-5-9-15(18-2)10-6-13/h3-11,17H,1-2H3/b16-11+. The Bertz CT molecular complexity index is 515. The van der Waals surface area contributed by atoms with Gasteiger partial charge in [-0.2, -0.15) is 5.10 Å². The van der Waals surface area contributed by atoms with Gasteiger partial charge in [0.1, 0.15) is 0 Å². The van der Waals surface area contributed by atoms with Crippen molar-refractivity contribution in [2.45, 2.75) is 11.8 Å². The predicted octanol–water partition coefficient (Wildman–Crippen LogP) is 4.16. The molecule has 3 heteroatoms. The Morgan fingerprint density at radius 1 is 1.00 bits per heavy atom. The molecule has 0 heterocycles. The molecule has 1 N–H and O–H groups in total. The van der Waals surface area contributed by atoms with Crippen molar-refractivity contribution < 1.29 is 0 Å². The summed E-state index contributed by atoms with van der Waals surface area (Å²) in [6.07, 6.45) is 3.89. The van der Waals surface area contributed by atoms with Crippen LogP contribution in [0.4, 0.5) is 5.69 Å². The maximum atomic E-state index is 4.22. The van der Waals surface area contributed by atoms with E-state index in [1.807, 2.05) is 18.3 Å². The number of nitrogens with zero attached hydrogens (tertiary/aromatic N) is 1. The van der Waals surface area contributed by atoms with Gasteiger partial charge in [0.2, 0.25) is 0 Å². The van der Waals surface area contributed by atoms with Crippen LogP contribution in [0.2, 0.25) is 0 Å². The van der Waals surface area contributed by atoms with Gasteiger partial charge >= 0.3 is 0 Å². The second-order valence-corrected chi connectivity index (χ2v) is 4.89. The van der Waals surface area contributed by atoms with Gasteiger partial charge in [0.25, 0.3) is 0 Å². The third-order valence-electron chi connectivity index (χ3n) is 2.57. The SMILES string of the molecule is CSc1ccc(/C=N/Nc2ccc(C)cc2)cc1. The molecule has 0 unspecified atom stereocenters. The summed E-state index contributed by atoms with van der Waals surface area (Å²) in [5, 5.41) is 4.22. The van der Waals surface area contributed by atoms with Crippen molar-refractivity contribution in [1.29, 1.82) is 0 Å². The van der Waals surface area contributed by atoms with Gasteiger partial charge in [-0.1, -0.05) is 29.8 Å². The number of hydrogen-bond acceptors (Lipinski definition) is 3. The zero-order valence-electron chi connectivity index (χ0n) is 10.6. The largest absolute Gasteiger partial charge is 0.279 e. The van der Waals surface area contributed by atoms with Gasteiger partial charge in [0.05, 0.1) is 11.9 Å². The Kier molecular flexibility index (Phi) is 4.42. The Hall–Kier alpha value is -1.74. The van der Waals surface area contributed by atoms with Crippen LogP contribution in [-0.4, -0.2) is 12.5 Å². The van der Waals surface area contributed by atoms with E-state index in [1.165, 1.54) is 10.5 Å². The van der Waals surface area contributed by atoms with Gasteiger partial charge in [-0.25, -0.2) is 0 Å². The highest BCUT2D eigenvalue weighted by Crippen LogP contribution is 2.14. The highest BCUT2D eigenvalue weighted by molar-refractivity contribution is 7.98. The second-order valence-electron chi connectivity index (χ2n) is 4.01. The van der Waals surface area contributed by atoms with Crippen molar-refractivity contribution >= 4 is 23.7 Å². The van der Waals surface area contributed by atoms with Crippen LogP contribution in [0, 0.1) is 6.92 Å². The maximum absolute atomic E-state index is 4.22. The summed E-state index contributed by atoms with van der Waals surface area (Å²) in [6.45, 7) is 2.07. The molecule has 92 valence electrons. The van der Waals surface area contributed by atoms with Gasteiger partial charge in [-0.3, -0.25) is 5.43 Å². The van der Waals surface area contributed by atoms with Crippen LogP contribution in [0.3, 0.4) is 0 Å². The van der Waals surface area contributed by atoms with Crippen LogP contribution < -0.4 is 5.43 Å². The highest BCUT2D eigenvalue weighted by Gasteiger charge is 1.91. The first kappa shape index (κ1) is 12.7. The summed E-state index contributed by atoms with van der Waals surface area (Å²) in [4.78, 5) is 1.26. The number of benzene rings is 2. The smallest absolute Gasteiger partial charge is 0.0561 e. The first-order chi connectivity index (χ1) is 8.78. The average molecular weight is 256 g/mol. The Labute approximate surface area is 112 Å². The Morgan fingerprint density at radius 3 is 2.28 bits per heavy atom. The van der Waals surface area contributed by atoms with E-state index in [2.05, 4.69) is 60.1 Å². The number of rotatable bonds is 4. The van der Waals surface area contributed by atoms with Gasteiger partial charge in [0, 0.05) is 4.90 Å². The number of aryl methyl sites for hydroxylation is 1. The molecule has 2 nitrogen and oxygen atoms in total. The summed E-state index contributed by atoms with van der Waals surface area (Å²) < 4.78 is 0. The predicted molar refractivity (Wildman–Crippen MR) is 80.6 cm³/mol. The van der Waals surface area contributed by atoms with Gasteiger partial charge < -0.3 is 0 Å². The monoisotopic (exact) mass is 256 g/mol. The number of anilines is 1. The fourth-order valence-corrected chi connectivity index (χ4v) is 1.91. The fourth-order valence-electron chi connectivity index (χ4n) is 1.50. The molecule has 0 saturated heterocycles. The van der Waals surface area contributed by atoms with Gasteiger partial charge in [-0.05, 0) is 43.0 Å². The topological polar surface area (TPSA) is 24.4 Å². The molecule has 0 aliphatic carbocycles. The molecule has 0 bridgehead atoms. The molecule has 0 amide bonds. The lowest BCUT2D eigenvalue weighted by Crippen LogP contribution is -1.90. The molecule has 2 aromatic carbocycles. The van der Waals surface area contributed by atoms with E-state index in [1.54, 1.807) is 11.8 Å².